The lowest BCUT2D eigenvalue weighted by Gasteiger charge is -2.08. The lowest BCUT2D eigenvalue weighted by atomic mass is 10.2. The first-order chi connectivity index (χ1) is 10.9. The number of carbonyl (C=O) groups is 2. The van der Waals surface area contributed by atoms with Gasteiger partial charge in [-0.3, -0.25) is 4.79 Å². The molecule has 23 heavy (non-hydrogen) atoms. The number of hydrogen-bond acceptors (Lipinski definition) is 3. The molecule has 0 fully saturated rings. The molecule has 0 radical (unpaired) electrons. The molecule has 2 rings (SSSR count). The molecule has 1 N–H and O–H groups in total. The van der Waals surface area contributed by atoms with E-state index in [1.165, 1.54) is 0 Å². The summed E-state index contributed by atoms with van der Waals surface area (Å²) in [5, 5.41) is 2.20. The number of halogens is 4. The van der Waals surface area contributed by atoms with E-state index in [1.807, 2.05) is 0 Å². The van der Waals surface area contributed by atoms with Gasteiger partial charge in [-0.1, -0.05) is 27.5 Å². The summed E-state index contributed by atoms with van der Waals surface area (Å²) in [4.78, 5) is 23.4. The molecule has 0 aliphatic heterocycles. The molecule has 0 atom stereocenters. The van der Waals surface area contributed by atoms with E-state index in [0.717, 1.165) is 4.47 Å². The molecule has 0 spiro atoms. The minimum atomic E-state index is -1.24. The molecule has 4 nitrogen and oxygen atoms in total. The fourth-order valence-electron chi connectivity index (χ4n) is 1.62. The van der Waals surface area contributed by atoms with Crippen molar-refractivity contribution in [1.82, 2.24) is 0 Å². The van der Waals surface area contributed by atoms with Crippen LogP contribution < -0.4 is 5.32 Å². The molecular formula is C15H9BrClF2NO3. The van der Waals surface area contributed by atoms with Crippen LogP contribution in [-0.4, -0.2) is 18.5 Å². The third-order valence-corrected chi connectivity index (χ3v) is 3.53. The van der Waals surface area contributed by atoms with Gasteiger partial charge < -0.3 is 10.1 Å². The van der Waals surface area contributed by atoms with E-state index >= 15 is 0 Å². The Labute approximate surface area is 143 Å². The maximum absolute atomic E-state index is 13.1. The zero-order valence-corrected chi connectivity index (χ0v) is 13.7. The average Bonchev–Trinajstić information content (AvgIpc) is 2.51. The Bertz CT molecular complexity index is 753. The van der Waals surface area contributed by atoms with E-state index in [2.05, 4.69) is 21.2 Å². The first-order valence-electron chi connectivity index (χ1n) is 6.24. The van der Waals surface area contributed by atoms with Crippen molar-refractivity contribution in [3.8, 4) is 0 Å². The number of carbonyl (C=O) groups excluding carboxylic acids is 2. The lowest BCUT2D eigenvalue weighted by Crippen LogP contribution is -2.21. The third-order valence-electron chi connectivity index (χ3n) is 2.69. The number of nitrogens with one attached hydrogen (secondary N) is 1. The van der Waals surface area contributed by atoms with E-state index in [-0.39, 0.29) is 10.6 Å². The Morgan fingerprint density at radius 2 is 1.74 bits per heavy atom. The highest BCUT2D eigenvalue weighted by atomic mass is 79.9. The quantitative estimate of drug-likeness (QED) is 0.614. The standard InChI is InChI=1S/C15H9BrClF2NO3/c16-8-1-3-9(4-2-8)20-14(21)7-23-15(22)10-5-12(18)13(19)6-11(10)17/h1-6H,7H2,(H,20,21). The Morgan fingerprint density at radius 3 is 2.39 bits per heavy atom. The van der Waals surface area contributed by atoms with Gasteiger partial charge in [0.2, 0.25) is 0 Å². The van der Waals surface area contributed by atoms with Gasteiger partial charge in [0.15, 0.2) is 18.2 Å². The summed E-state index contributed by atoms with van der Waals surface area (Å²) in [5.74, 6) is -4.03. The van der Waals surface area contributed by atoms with Crippen molar-refractivity contribution in [2.45, 2.75) is 0 Å². The SMILES string of the molecule is O=C(COC(=O)c1cc(F)c(F)cc1Cl)Nc1ccc(Br)cc1. The number of benzene rings is 2. The highest BCUT2D eigenvalue weighted by Gasteiger charge is 2.17. The van der Waals surface area contributed by atoms with Crippen LogP contribution in [0.5, 0.6) is 0 Å². The predicted molar refractivity (Wildman–Crippen MR) is 84.4 cm³/mol. The van der Waals surface area contributed by atoms with Crippen LogP contribution in [0, 0.1) is 11.6 Å². The van der Waals surface area contributed by atoms with Crippen LogP contribution in [0.25, 0.3) is 0 Å². The van der Waals surface area contributed by atoms with Gasteiger partial charge in [0.25, 0.3) is 5.91 Å². The van der Waals surface area contributed by atoms with Crippen molar-refractivity contribution in [3.05, 3.63) is 63.1 Å². The summed E-state index contributed by atoms with van der Waals surface area (Å²) in [5.41, 5.74) is 0.155. The Morgan fingerprint density at radius 1 is 1.13 bits per heavy atom. The Kier molecular flexibility index (Phi) is 5.68. The van der Waals surface area contributed by atoms with Crippen LogP contribution in [0.3, 0.4) is 0 Å². The van der Waals surface area contributed by atoms with E-state index in [4.69, 9.17) is 16.3 Å². The summed E-state index contributed by atoms with van der Waals surface area (Å²) in [6.07, 6.45) is 0. The molecule has 1 amide bonds. The molecule has 0 aromatic heterocycles. The minimum Gasteiger partial charge on any atom is -0.452 e. The molecule has 0 bridgehead atoms. The first-order valence-corrected chi connectivity index (χ1v) is 7.41. The number of hydrogen-bond donors (Lipinski definition) is 1. The van der Waals surface area contributed by atoms with Crippen LogP contribution in [0.1, 0.15) is 10.4 Å². The predicted octanol–water partition coefficient (Wildman–Crippen LogP) is 4.18. The number of rotatable bonds is 4. The van der Waals surface area contributed by atoms with E-state index in [0.29, 0.717) is 17.8 Å². The molecular weight excluding hydrogens is 396 g/mol. The normalized spacial score (nSPS) is 10.3. The second-order valence-corrected chi connectivity index (χ2v) is 5.70. The van der Waals surface area contributed by atoms with E-state index in [1.54, 1.807) is 24.3 Å². The molecule has 0 unspecified atom stereocenters. The van der Waals surface area contributed by atoms with Crippen molar-refractivity contribution in [2.75, 3.05) is 11.9 Å². The fourth-order valence-corrected chi connectivity index (χ4v) is 2.11. The van der Waals surface area contributed by atoms with Crippen molar-refractivity contribution in [2.24, 2.45) is 0 Å². The monoisotopic (exact) mass is 403 g/mol. The summed E-state index contributed by atoms with van der Waals surface area (Å²) in [7, 11) is 0. The maximum atomic E-state index is 13.1. The van der Waals surface area contributed by atoms with Gasteiger partial charge in [-0.25, -0.2) is 13.6 Å². The van der Waals surface area contributed by atoms with E-state index in [9.17, 15) is 18.4 Å². The summed E-state index contributed by atoms with van der Waals surface area (Å²) >= 11 is 8.90. The second-order valence-electron chi connectivity index (χ2n) is 4.38. The average molecular weight is 405 g/mol. The second kappa shape index (κ2) is 7.52. The molecule has 120 valence electrons. The van der Waals surface area contributed by atoms with E-state index < -0.39 is 30.1 Å². The topological polar surface area (TPSA) is 55.4 Å². The van der Waals surface area contributed by atoms with Crippen LogP contribution in [-0.2, 0) is 9.53 Å². The largest absolute Gasteiger partial charge is 0.452 e. The van der Waals surface area contributed by atoms with Crippen LogP contribution in [0.2, 0.25) is 5.02 Å². The van der Waals surface area contributed by atoms with Gasteiger partial charge >= 0.3 is 5.97 Å². The third kappa shape index (κ3) is 4.74. The molecule has 0 saturated heterocycles. The number of amides is 1. The molecule has 2 aromatic carbocycles. The number of ether oxygens (including phenoxy) is 1. The van der Waals surface area contributed by atoms with Gasteiger partial charge in [0, 0.05) is 10.2 Å². The number of esters is 1. The molecule has 8 heteroatoms. The summed E-state index contributed by atoms with van der Waals surface area (Å²) in [6, 6.07) is 8.03. The summed E-state index contributed by atoms with van der Waals surface area (Å²) in [6.45, 7) is -0.593. The zero-order chi connectivity index (χ0) is 17.0. The minimum absolute atomic E-state index is 0.304. The smallest absolute Gasteiger partial charge is 0.340 e. The van der Waals surface area contributed by atoms with Gasteiger partial charge in [-0.2, -0.15) is 0 Å². The summed E-state index contributed by atoms with van der Waals surface area (Å²) < 4.78 is 31.6. The van der Waals surface area contributed by atoms with Crippen molar-refractivity contribution in [3.63, 3.8) is 0 Å². The molecule has 2 aromatic rings. The van der Waals surface area contributed by atoms with Crippen molar-refractivity contribution in [1.29, 1.82) is 0 Å². The van der Waals surface area contributed by atoms with Gasteiger partial charge in [-0.05, 0) is 36.4 Å². The Hall–Kier alpha value is -1.99. The van der Waals surface area contributed by atoms with Crippen LogP contribution in [0.4, 0.5) is 14.5 Å². The van der Waals surface area contributed by atoms with Crippen molar-refractivity contribution < 1.29 is 23.1 Å². The van der Waals surface area contributed by atoms with Crippen LogP contribution >= 0.6 is 27.5 Å². The lowest BCUT2D eigenvalue weighted by molar-refractivity contribution is -0.119. The molecule has 0 aliphatic carbocycles. The maximum Gasteiger partial charge on any atom is 0.340 e. The van der Waals surface area contributed by atoms with Gasteiger partial charge in [0.1, 0.15) is 0 Å². The molecule has 0 saturated carbocycles. The highest BCUT2D eigenvalue weighted by Crippen LogP contribution is 2.21. The molecule has 0 heterocycles. The number of anilines is 1. The zero-order valence-electron chi connectivity index (χ0n) is 11.4. The Balaban J connectivity index is 1.95. The van der Waals surface area contributed by atoms with Gasteiger partial charge in [-0.15, -0.1) is 0 Å². The first kappa shape index (κ1) is 17.4. The van der Waals surface area contributed by atoms with Gasteiger partial charge in [0.05, 0.1) is 10.6 Å². The molecule has 0 aliphatic rings. The van der Waals surface area contributed by atoms with Crippen molar-refractivity contribution >= 4 is 45.1 Å². The van der Waals surface area contributed by atoms with Crippen LogP contribution in [0.15, 0.2) is 40.9 Å². The highest BCUT2D eigenvalue weighted by molar-refractivity contribution is 9.10. The fraction of sp³-hybridized carbons (Fsp3) is 0.0667.